The maximum absolute atomic E-state index is 4.58. The van der Waals surface area contributed by atoms with Crippen molar-refractivity contribution in [2.24, 2.45) is 0 Å². The lowest BCUT2D eigenvalue weighted by Gasteiger charge is -2.17. The fourth-order valence-corrected chi connectivity index (χ4v) is 2.67. The van der Waals surface area contributed by atoms with Crippen LogP contribution in [0.4, 0.5) is 17.5 Å². The van der Waals surface area contributed by atoms with Gasteiger partial charge in [-0.1, -0.05) is 32.0 Å². The highest BCUT2D eigenvalue weighted by Crippen LogP contribution is 2.29. The minimum Gasteiger partial charge on any atom is -0.350 e. The van der Waals surface area contributed by atoms with Crippen molar-refractivity contribution in [1.29, 1.82) is 0 Å². The van der Waals surface area contributed by atoms with Gasteiger partial charge in [0.1, 0.15) is 5.82 Å². The number of nitrogens with one attached hydrogen (secondary N) is 2. The molecule has 3 aromatic rings. The van der Waals surface area contributed by atoms with Gasteiger partial charge in [0.05, 0.1) is 0 Å². The molecule has 2 N–H and O–H groups in total. The quantitative estimate of drug-likeness (QED) is 0.687. The van der Waals surface area contributed by atoms with E-state index in [2.05, 4.69) is 64.6 Å². The predicted molar refractivity (Wildman–Crippen MR) is 102 cm³/mol. The molecule has 3 rings (SSSR count). The van der Waals surface area contributed by atoms with E-state index in [9.17, 15) is 0 Å². The van der Waals surface area contributed by atoms with Crippen molar-refractivity contribution in [3.8, 4) is 0 Å². The molecule has 0 unspecified atom stereocenters. The molecule has 0 aliphatic rings. The molecule has 0 amide bonds. The Morgan fingerprint density at radius 3 is 2.56 bits per heavy atom. The van der Waals surface area contributed by atoms with Crippen molar-refractivity contribution >= 4 is 17.5 Å². The summed E-state index contributed by atoms with van der Waals surface area (Å²) < 4.78 is 0. The molecular weight excluding hydrogens is 310 g/mol. The molecule has 0 spiro atoms. The number of aromatic nitrogens is 3. The third-order valence-corrected chi connectivity index (χ3v) is 4.04. The van der Waals surface area contributed by atoms with Crippen LogP contribution < -0.4 is 10.6 Å². The minimum atomic E-state index is 0.438. The van der Waals surface area contributed by atoms with E-state index in [1.807, 2.05) is 18.2 Å². The third kappa shape index (κ3) is 4.32. The predicted octanol–water partition coefficient (Wildman–Crippen LogP) is 4.66. The van der Waals surface area contributed by atoms with Crippen LogP contribution in [0, 0.1) is 6.92 Å². The van der Waals surface area contributed by atoms with Crippen LogP contribution in [0.15, 0.2) is 55.0 Å². The summed E-state index contributed by atoms with van der Waals surface area (Å²) >= 11 is 0. The summed E-state index contributed by atoms with van der Waals surface area (Å²) in [6.07, 6.45) is 5.32. The molecule has 2 aromatic heterocycles. The Kier molecular flexibility index (Phi) is 5.23. The van der Waals surface area contributed by atoms with E-state index in [-0.39, 0.29) is 0 Å². The third-order valence-electron chi connectivity index (χ3n) is 4.04. The van der Waals surface area contributed by atoms with Gasteiger partial charge in [-0.05, 0) is 47.7 Å². The first-order chi connectivity index (χ1) is 12.1. The maximum Gasteiger partial charge on any atom is 0.224 e. The number of hydrogen-bond donors (Lipinski definition) is 2. The summed E-state index contributed by atoms with van der Waals surface area (Å²) in [6, 6.07) is 12.2. The van der Waals surface area contributed by atoms with Crippen molar-refractivity contribution in [2.75, 3.05) is 10.6 Å². The van der Waals surface area contributed by atoms with E-state index >= 15 is 0 Å². The monoisotopic (exact) mass is 333 g/mol. The molecule has 0 atom stereocenters. The number of rotatable bonds is 6. The normalized spacial score (nSPS) is 10.7. The number of pyridine rings is 1. The summed E-state index contributed by atoms with van der Waals surface area (Å²) in [5.74, 6) is 1.82. The van der Waals surface area contributed by atoms with E-state index in [4.69, 9.17) is 0 Å². The summed E-state index contributed by atoms with van der Waals surface area (Å²) in [5.41, 5.74) is 4.75. The van der Waals surface area contributed by atoms with Gasteiger partial charge in [0.15, 0.2) is 0 Å². The number of nitrogens with zero attached hydrogens (tertiary/aromatic N) is 3. The van der Waals surface area contributed by atoms with Crippen LogP contribution in [-0.2, 0) is 6.54 Å². The summed E-state index contributed by atoms with van der Waals surface area (Å²) in [6.45, 7) is 7.16. The van der Waals surface area contributed by atoms with Crippen molar-refractivity contribution in [3.05, 3.63) is 71.7 Å². The van der Waals surface area contributed by atoms with Crippen molar-refractivity contribution in [2.45, 2.75) is 33.2 Å². The molecule has 25 heavy (non-hydrogen) atoms. The van der Waals surface area contributed by atoms with Gasteiger partial charge in [0.25, 0.3) is 0 Å². The van der Waals surface area contributed by atoms with Crippen molar-refractivity contribution < 1.29 is 0 Å². The van der Waals surface area contributed by atoms with Gasteiger partial charge in [-0.25, -0.2) is 4.98 Å². The molecule has 1 aromatic carbocycles. The summed E-state index contributed by atoms with van der Waals surface area (Å²) in [4.78, 5) is 12.9. The standard InChI is InChI=1S/C20H23N5/c1-14(2)17-6-4-5-15(3)19(17)24-18-9-12-22-20(25-18)23-13-16-7-10-21-11-8-16/h4-12,14H,13H2,1-3H3,(H2,22,23,24,25). The van der Waals surface area contributed by atoms with Gasteiger partial charge < -0.3 is 10.6 Å². The van der Waals surface area contributed by atoms with E-state index in [0.29, 0.717) is 18.4 Å². The highest BCUT2D eigenvalue weighted by molar-refractivity contribution is 5.65. The average molecular weight is 333 g/mol. The van der Waals surface area contributed by atoms with E-state index in [0.717, 1.165) is 17.1 Å². The molecule has 0 fully saturated rings. The Labute approximate surface area is 148 Å². The van der Waals surface area contributed by atoms with Gasteiger partial charge in [-0.15, -0.1) is 0 Å². The molecule has 0 aliphatic carbocycles. The van der Waals surface area contributed by atoms with Gasteiger partial charge in [0, 0.05) is 30.8 Å². The van der Waals surface area contributed by atoms with E-state index < -0.39 is 0 Å². The molecule has 2 heterocycles. The van der Waals surface area contributed by atoms with Crippen LogP contribution in [0.1, 0.15) is 36.5 Å². The molecular formula is C20H23N5. The van der Waals surface area contributed by atoms with Crippen LogP contribution in [0.5, 0.6) is 0 Å². The molecule has 5 nitrogen and oxygen atoms in total. The molecule has 0 saturated heterocycles. The average Bonchev–Trinajstić information content (AvgIpc) is 2.63. The molecule has 128 valence electrons. The lowest BCUT2D eigenvalue weighted by atomic mass is 9.98. The Hall–Kier alpha value is -2.95. The van der Waals surface area contributed by atoms with Gasteiger partial charge >= 0.3 is 0 Å². The first-order valence-corrected chi connectivity index (χ1v) is 8.46. The first-order valence-electron chi connectivity index (χ1n) is 8.46. The van der Waals surface area contributed by atoms with Crippen LogP contribution in [-0.4, -0.2) is 15.0 Å². The Morgan fingerprint density at radius 2 is 1.80 bits per heavy atom. The smallest absolute Gasteiger partial charge is 0.224 e. The highest BCUT2D eigenvalue weighted by Gasteiger charge is 2.10. The molecule has 0 radical (unpaired) electrons. The first kappa shape index (κ1) is 16.9. The van der Waals surface area contributed by atoms with Crippen LogP contribution >= 0.6 is 0 Å². The zero-order valence-electron chi connectivity index (χ0n) is 14.8. The van der Waals surface area contributed by atoms with Crippen LogP contribution in [0.2, 0.25) is 0 Å². The molecule has 0 bridgehead atoms. The highest BCUT2D eigenvalue weighted by atomic mass is 15.1. The van der Waals surface area contributed by atoms with Gasteiger partial charge in [-0.2, -0.15) is 4.98 Å². The van der Waals surface area contributed by atoms with E-state index in [1.165, 1.54) is 11.1 Å². The van der Waals surface area contributed by atoms with Crippen molar-refractivity contribution in [1.82, 2.24) is 15.0 Å². The van der Waals surface area contributed by atoms with Gasteiger partial charge in [0.2, 0.25) is 5.95 Å². The molecule has 0 saturated carbocycles. The SMILES string of the molecule is Cc1cccc(C(C)C)c1Nc1ccnc(NCc2ccncc2)n1. The van der Waals surface area contributed by atoms with Crippen LogP contribution in [0.3, 0.4) is 0 Å². The van der Waals surface area contributed by atoms with Crippen molar-refractivity contribution in [3.63, 3.8) is 0 Å². The minimum absolute atomic E-state index is 0.438. The largest absolute Gasteiger partial charge is 0.350 e. The number of para-hydroxylation sites is 1. The lowest BCUT2D eigenvalue weighted by Crippen LogP contribution is -2.06. The second kappa shape index (κ2) is 7.75. The lowest BCUT2D eigenvalue weighted by molar-refractivity contribution is 0.867. The number of hydrogen-bond acceptors (Lipinski definition) is 5. The number of aryl methyl sites for hydroxylation is 1. The Morgan fingerprint density at radius 1 is 1.00 bits per heavy atom. The second-order valence-electron chi connectivity index (χ2n) is 6.29. The fraction of sp³-hybridized carbons (Fsp3) is 0.250. The van der Waals surface area contributed by atoms with E-state index in [1.54, 1.807) is 18.6 Å². The summed E-state index contributed by atoms with van der Waals surface area (Å²) in [5, 5.41) is 6.71. The topological polar surface area (TPSA) is 62.7 Å². The number of anilines is 3. The Balaban J connectivity index is 1.76. The van der Waals surface area contributed by atoms with Gasteiger partial charge in [-0.3, -0.25) is 4.98 Å². The van der Waals surface area contributed by atoms with Crippen LogP contribution in [0.25, 0.3) is 0 Å². The molecule has 5 heteroatoms. The zero-order valence-corrected chi connectivity index (χ0v) is 14.8. The second-order valence-corrected chi connectivity index (χ2v) is 6.29. The molecule has 0 aliphatic heterocycles. The number of benzene rings is 1. The maximum atomic E-state index is 4.58. The Bertz CT molecular complexity index is 830. The summed E-state index contributed by atoms with van der Waals surface area (Å²) in [7, 11) is 0. The zero-order chi connectivity index (χ0) is 17.6. The fourth-order valence-electron chi connectivity index (χ4n) is 2.67.